The highest BCUT2D eigenvalue weighted by Gasteiger charge is 2.27. The van der Waals surface area contributed by atoms with E-state index in [-0.39, 0.29) is 31.8 Å². The summed E-state index contributed by atoms with van der Waals surface area (Å²) in [5.74, 6) is -7.42. The molecule has 1 atom stereocenters. The number of carboxylic acids is 6. The Labute approximate surface area is 222 Å². The number of carbonyl (C=O) groups is 6. The minimum absolute atomic E-state index is 0.0594. The van der Waals surface area contributed by atoms with Crippen LogP contribution in [0.15, 0.2) is 24.3 Å². The highest BCUT2D eigenvalue weighted by atomic mass is 16.5. The molecule has 216 valence electrons. The van der Waals surface area contributed by atoms with E-state index in [2.05, 4.69) is 0 Å². The Kier molecular flexibility index (Phi) is 13.9. The van der Waals surface area contributed by atoms with Gasteiger partial charge in [-0.3, -0.25) is 38.7 Å². The zero-order valence-electron chi connectivity index (χ0n) is 20.8. The zero-order valence-corrected chi connectivity index (χ0v) is 20.8. The van der Waals surface area contributed by atoms with Crippen molar-refractivity contribution in [3.63, 3.8) is 0 Å². The lowest BCUT2D eigenvalue weighted by Crippen LogP contribution is -2.51. The van der Waals surface area contributed by atoms with Gasteiger partial charge in [0.15, 0.2) is 6.61 Å². The third kappa shape index (κ3) is 14.9. The van der Waals surface area contributed by atoms with Crippen LogP contribution in [0.25, 0.3) is 0 Å². The van der Waals surface area contributed by atoms with Crippen LogP contribution in [-0.2, 0) is 35.2 Å². The lowest BCUT2D eigenvalue weighted by molar-refractivity contribution is -0.144. The van der Waals surface area contributed by atoms with E-state index in [9.17, 15) is 44.1 Å². The zero-order chi connectivity index (χ0) is 29.5. The van der Waals surface area contributed by atoms with Gasteiger partial charge in [0.25, 0.3) is 0 Å². The Morgan fingerprint density at radius 2 is 1.05 bits per heavy atom. The van der Waals surface area contributed by atoms with Crippen LogP contribution in [0.2, 0.25) is 0 Å². The molecule has 0 bridgehead atoms. The number of carboxylic acid groups (broad SMARTS) is 6. The molecule has 0 aliphatic carbocycles. The van der Waals surface area contributed by atoms with E-state index in [0.717, 1.165) is 9.80 Å². The monoisotopic (exact) mass is 557 g/mol. The fraction of sp³-hybridized carbons (Fsp3) is 0.478. The van der Waals surface area contributed by atoms with Crippen molar-refractivity contribution in [2.24, 2.45) is 0 Å². The van der Waals surface area contributed by atoms with Crippen molar-refractivity contribution in [1.82, 2.24) is 14.7 Å². The summed E-state index contributed by atoms with van der Waals surface area (Å²) in [6.07, 6.45) is 0.0594. The first kappa shape index (κ1) is 32.7. The molecule has 6 N–H and O–H groups in total. The summed E-state index contributed by atoms with van der Waals surface area (Å²) in [5, 5.41) is 54.9. The van der Waals surface area contributed by atoms with Crippen LogP contribution < -0.4 is 4.74 Å². The molecular formula is C23H31N3O13. The van der Waals surface area contributed by atoms with Gasteiger partial charge >= 0.3 is 35.8 Å². The molecule has 16 nitrogen and oxygen atoms in total. The first-order valence-corrected chi connectivity index (χ1v) is 11.5. The molecule has 16 heteroatoms. The molecule has 0 amide bonds. The van der Waals surface area contributed by atoms with Crippen molar-refractivity contribution in [3.05, 3.63) is 29.8 Å². The smallest absolute Gasteiger partial charge is 0.341 e. The number of hydrogen-bond acceptors (Lipinski definition) is 10. The van der Waals surface area contributed by atoms with E-state index in [1.54, 1.807) is 12.1 Å². The lowest BCUT2D eigenvalue weighted by Gasteiger charge is -2.34. The second-order valence-electron chi connectivity index (χ2n) is 8.50. The molecule has 0 fully saturated rings. The Morgan fingerprint density at radius 3 is 1.49 bits per heavy atom. The van der Waals surface area contributed by atoms with Crippen LogP contribution in [0, 0.1) is 0 Å². The van der Waals surface area contributed by atoms with Crippen molar-refractivity contribution in [3.8, 4) is 5.75 Å². The van der Waals surface area contributed by atoms with E-state index in [1.165, 1.54) is 17.0 Å². The summed E-state index contributed by atoms with van der Waals surface area (Å²) in [6.45, 7) is -4.14. The molecule has 0 saturated carbocycles. The Morgan fingerprint density at radius 1 is 0.615 bits per heavy atom. The SMILES string of the molecule is O=C(O)COc1ccc(CC(CN(CCN(CC(=O)O)CC(=O)O)CC(=O)O)N(CC(=O)O)CC(=O)O)cc1. The summed E-state index contributed by atoms with van der Waals surface area (Å²) < 4.78 is 5.07. The maximum Gasteiger partial charge on any atom is 0.341 e. The van der Waals surface area contributed by atoms with Gasteiger partial charge < -0.3 is 35.4 Å². The lowest BCUT2D eigenvalue weighted by atomic mass is 10.0. The molecule has 39 heavy (non-hydrogen) atoms. The van der Waals surface area contributed by atoms with Crippen molar-refractivity contribution in [2.75, 3.05) is 59.0 Å². The fourth-order valence-electron chi connectivity index (χ4n) is 3.71. The van der Waals surface area contributed by atoms with Gasteiger partial charge in [-0.2, -0.15) is 0 Å². The highest BCUT2D eigenvalue weighted by molar-refractivity contribution is 5.73. The number of ether oxygens (including phenoxy) is 1. The molecule has 1 unspecified atom stereocenters. The van der Waals surface area contributed by atoms with Gasteiger partial charge in [0.1, 0.15) is 5.75 Å². The minimum Gasteiger partial charge on any atom is -0.482 e. The van der Waals surface area contributed by atoms with Gasteiger partial charge in [0.05, 0.1) is 32.7 Å². The maximum atomic E-state index is 11.5. The molecule has 0 radical (unpaired) electrons. The number of rotatable bonds is 21. The van der Waals surface area contributed by atoms with E-state index in [4.69, 9.17) is 20.1 Å². The third-order valence-corrected chi connectivity index (χ3v) is 5.23. The van der Waals surface area contributed by atoms with E-state index in [0.29, 0.717) is 5.56 Å². The van der Waals surface area contributed by atoms with Gasteiger partial charge in [-0.15, -0.1) is 0 Å². The molecule has 0 aliphatic heterocycles. The van der Waals surface area contributed by atoms with Gasteiger partial charge in [-0.1, -0.05) is 12.1 Å². The van der Waals surface area contributed by atoms with Crippen LogP contribution in [-0.4, -0.2) is 146 Å². The fourth-order valence-corrected chi connectivity index (χ4v) is 3.71. The summed E-state index contributed by atoms with van der Waals surface area (Å²) in [5.41, 5.74) is 0.581. The standard InChI is InChI=1S/C23H31N3O13/c27-18(28)9-24(5-6-25(10-19(29)30)11-20(31)32)8-16(26(12-21(33)34)13-22(35)36)7-15-1-3-17(4-2-15)39-14-23(37)38/h1-4,16H,5-14H2,(H,27,28)(H,29,30)(H,31,32)(H,33,34)(H,35,36)(H,37,38). The van der Waals surface area contributed by atoms with Crippen LogP contribution >= 0.6 is 0 Å². The first-order chi connectivity index (χ1) is 18.2. The number of nitrogens with zero attached hydrogens (tertiary/aromatic N) is 3. The topological polar surface area (TPSA) is 243 Å². The van der Waals surface area contributed by atoms with Crippen LogP contribution in [0.3, 0.4) is 0 Å². The van der Waals surface area contributed by atoms with Crippen LogP contribution in [0.5, 0.6) is 5.75 Å². The van der Waals surface area contributed by atoms with Crippen molar-refractivity contribution in [2.45, 2.75) is 12.5 Å². The summed E-state index contributed by atoms with van der Waals surface area (Å²) >= 11 is 0. The largest absolute Gasteiger partial charge is 0.482 e. The summed E-state index contributed by atoms with van der Waals surface area (Å²) in [6, 6.07) is 5.21. The minimum atomic E-state index is -1.32. The average molecular weight is 558 g/mol. The molecule has 0 aromatic heterocycles. The van der Waals surface area contributed by atoms with Gasteiger partial charge in [-0.05, 0) is 24.1 Å². The maximum absolute atomic E-state index is 11.5. The second-order valence-corrected chi connectivity index (χ2v) is 8.50. The van der Waals surface area contributed by atoms with E-state index in [1.807, 2.05) is 0 Å². The van der Waals surface area contributed by atoms with Gasteiger partial charge in [-0.25, -0.2) is 4.79 Å². The third-order valence-electron chi connectivity index (χ3n) is 5.23. The Bertz CT molecular complexity index is 983. The first-order valence-electron chi connectivity index (χ1n) is 11.5. The van der Waals surface area contributed by atoms with Crippen LogP contribution in [0.1, 0.15) is 5.56 Å². The Hall–Kier alpha value is -4.28. The van der Waals surface area contributed by atoms with Crippen LogP contribution in [0.4, 0.5) is 0 Å². The van der Waals surface area contributed by atoms with E-state index < -0.39 is 81.2 Å². The highest BCUT2D eigenvalue weighted by Crippen LogP contribution is 2.16. The summed E-state index contributed by atoms with van der Waals surface area (Å²) in [4.78, 5) is 70.9. The normalized spacial score (nSPS) is 11.9. The number of benzene rings is 1. The molecule has 1 aromatic carbocycles. The van der Waals surface area contributed by atoms with E-state index >= 15 is 0 Å². The van der Waals surface area contributed by atoms with Crippen molar-refractivity contribution in [1.29, 1.82) is 0 Å². The van der Waals surface area contributed by atoms with Crippen molar-refractivity contribution < 1.29 is 64.1 Å². The predicted octanol–water partition coefficient (Wildman–Crippen LogP) is -1.61. The molecule has 1 rings (SSSR count). The second kappa shape index (κ2) is 16.5. The summed E-state index contributed by atoms with van der Waals surface area (Å²) in [7, 11) is 0. The number of aliphatic carboxylic acids is 6. The quantitative estimate of drug-likeness (QED) is 0.0995. The molecule has 0 saturated heterocycles. The predicted molar refractivity (Wildman–Crippen MR) is 130 cm³/mol. The molecular weight excluding hydrogens is 526 g/mol. The van der Waals surface area contributed by atoms with Gasteiger partial charge in [0, 0.05) is 25.7 Å². The molecule has 0 heterocycles. The van der Waals surface area contributed by atoms with Crippen molar-refractivity contribution >= 4 is 35.8 Å². The molecule has 1 aromatic rings. The molecule has 0 spiro atoms. The average Bonchev–Trinajstić information content (AvgIpc) is 2.79. The van der Waals surface area contributed by atoms with Gasteiger partial charge in [0.2, 0.25) is 0 Å². The Balaban J connectivity index is 3.21. The molecule has 0 aliphatic rings. The number of hydrogen-bond donors (Lipinski definition) is 6.